The number of hydrogen-bond donors (Lipinski definition) is 2. The molecule has 0 fully saturated rings. The summed E-state index contributed by atoms with van der Waals surface area (Å²) in [5.74, 6) is 1.48. The number of nitrogens with two attached hydrogens (primary N) is 1. The molecule has 7 heteroatoms. The molecule has 3 N–H and O–H groups in total. The van der Waals surface area contributed by atoms with Crippen molar-refractivity contribution in [2.45, 2.75) is 0 Å². The Morgan fingerprint density at radius 2 is 2.06 bits per heavy atom. The number of imidazole rings is 1. The van der Waals surface area contributed by atoms with Crippen LogP contribution in [0.2, 0.25) is 4.34 Å². The van der Waals surface area contributed by atoms with E-state index in [-0.39, 0.29) is 0 Å². The zero-order valence-corrected chi connectivity index (χ0v) is 9.51. The number of H-pyrrole nitrogens is 1. The van der Waals surface area contributed by atoms with Gasteiger partial charge in [-0.1, -0.05) is 11.6 Å². The van der Waals surface area contributed by atoms with Crippen LogP contribution in [0.1, 0.15) is 0 Å². The van der Waals surface area contributed by atoms with Crippen molar-refractivity contribution in [3.63, 3.8) is 0 Å². The Morgan fingerprint density at radius 3 is 2.81 bits per heavy atom. The monoisotopic (exact) mass is 251 g/mol. The second kappa shape index (κ2) is 3.43. The van der Waals surface area contributed by atoms with Gasteiger partial charge in [0.1, 0.15) is 5.69 Å². The van der Waals surface area contributed by atoms with Gasteiger partial charge in [-0.3, -0.25) is 0 Å². The molecule has 0 bridgehead atoms. The maximum absolute atomic E-state index is 5.86. The van der Waals surface area contributed by atoms with E-state index in [1.54, 1.807) is 6.20 Å². The lowest BCUT2D eigenvalue weighted by Crippen LogP contribution is -1.96. The van der Waals surface area contributed by atoms with E-state index in [0.717, 1.165) is 4.88 Å². The molecule has 0 radical (unpaired) electrons. The quantitative estimate of drug-likeness (QED) is 0.695. The average Bonchev–Trinajstić information content (AvgIpc) is 2.83. The second-order valence-electron chi connectivity index (χ2n) is 3.15. The molecule has 1 aromatic heterocycles. The molecule has 80 valence electrons. The summed E-state index contributed by atoms with van der Waals surface area (Å²) >= 11 is 7.29. The Labute approximate surface area is 99.7 Å². The highest BCUT2D eigenvalue weighted by atomic mass is 35.5. The van der Waals surface area contributed by atoms with Gasteiger partial charge in [0.25, 0.3) is 0 Å². The van der Waals surface area contributed by atoms with E-state index < -0.39 is 0 Å². The number of nitrogens with one attached hydrogen (secondary N) is 1. The van der Waals surface area contributed by atoms with Gasteiger partial charge in [0.05, 0.1) is 9.21 Å². The largest absolute Gasteiger partial charge is 0.369 e. The normalized spacial score (nSPS) is 11.1. The van der Waals surface area contributed by atoms with Crippen LogP contribution in [-0.4, -0.2) is 19.9 Å². The Balaban J connectivity index is 2.16. The fourth-order valence-corrected chi connectivity index (χ4v) is 2.34. The molecule has 0 amide bonds. The highest BCUT2D eigenvalue weighted by molar-refractivity contribution is 7.19. The Morgan fingerprint density at radius 1 is 1.19 bits per heavy atom. The van der Waals surface area contributed by atoms with E-state index in [1.807, 2.05) is 12.1 Å². The minimum Gasteiger partial charge on any atom is -0.369 e. The summed E-state index contributed by atoms with van der Waals surface area (Å²) in [4.78, 5) is 16.4. The lowest BCUT2D eigenvalue weighted by atomic mass is 10.4. The van der Waals surface area contributed by atoms with Gasteiger partial charge in [-0.2, -0.15) is 4.98 Å². The van der Waals surface area contributed by atoms with Crippen molar-refractivity contribution >= 4 is 28.9 Å². The summed E-state index contributed by atoms with van der Waals surface area (Å²) in [6, 6.07) is 3.70. The average molecular weight is 252 g/mol. The summed E-state index contributed by atoms with van der Waals surface area (Å²) in [5.41, 5.74) is 6.21. The van der Waals surface area contributed by atoms with Gasteiger partial charge >= 0.3 is 0 Å². The fraction of sp³-hybridized carbons (Fsp3) is 0. The summed E-state index contributed by atoms with van der Waals surface area (Å²) in [7, 11) is 0. The van der Waals surface area contributed by atoms with Crippen LogP contribution < -0.4 is 5.73 Å². The lowest BCUT2D eigenvalue weighted by molar-refractivity contribution is 1.15. The molecule has 16 heavy (non-hydrogen) atoms. The van der Waals surface area contributed by atoms with Gasteiger partial charge in [0, 0.05) is 6.20 Å². The molecule has 2 aliphatic heterocycles. The molecule has 0 atom stereocenters. The molecule has 1 aromatic rings. The molecule has 0 spiro atoms. The number of nitrogens with zero attached hydrogens (tertiary/aromatic N) is 3. The van der Waals surface area contributed by atoms with Crippen LogP contribution in [0.25, 0.3) is 22.2 Å². The number of thiophene rings is 1. The first-order chi connectivity index (χ1) is 7.72. The first-order valence-corrected chi connectivity index (χ1v) is 5.66. The van der Waals surface area contributed by atoms with Gasteiger partial charge in [-0.25, -0.2) is 9.97 Å². The van der Waals surface area contributed by atoms with Crippen molar-refractivity contribution in [3.05, 3.63) is 22.7 Å². The van der Waals surface area contributed by atoms with Crippen LogP contribution in [-0.2, 0) is 0 Å². The Hall–Kier alpha value is -1.66. The minimum atomic E-state index is 0.322. The van der Waals surface area contributed by atoms with E-state index in [1.165, 1.54) is 11.3 Å². The molecule has 0 aromatic carbocycles. The first-order valence-electron chi connectivity index (χ1n) is 4.47. The first kappa shape index (κ1) is 9.56. The molecule has 5 nitrogen and oxygen atoms in total. The molecular weight excluding hydrogens is 246 g/mol. The predicted octanol–water partition coefficient (Wildman–Crippen LogP) is 2.27. The van der Waals surface area contributed by atoms with Crippen molar-refractivity contribution in [2.75, 3.05) is 5.73 Å². The molecule has 3 heterocycles. The van der Waals surface area contributed by atoms with E-state index in [4.69, 9.17) is 17.3 Å². The van der Waals surface area contributed by atoms with Crippen LogP contribution in [0, 0.1) is 0 Å². The van der Waals surface area contributed by atoms with Crippen molar-refractivity contribution in [1.29, 1.82) is 0 Å². The standard InChI is InChI=1S/C9H6ClN5S/c10-6-2-1-5(16-6)8-13-4-3-12-9(11)15-7(4)14-8/h1-3H,(H3,11,12,13,14,15). The maximum atomic E-state index is 5.86. The fourth-order valence-electron chi connectivity index (χ4n) is 1.36. The summed E-state index contributed by atoms with van der Waals surface area (Å²) in [6.07, 6.45) is 1.68. The molecule has 2 aliphatic rings. The highest BCUT2D eigenvalue weighted by Crippen LogP contribution is 2.31. The number of aromatic amines is 1. The van der Waals surface area contributed by atoms with Gasteiger partial charge in [-0.05, 0) is 12.1 Å². The number of anilines is 1. The van der Waals surface area contributed by atoms with Crippen LogP contribution in [0.15, 0.2) is 18.3 Å². The third-order valence-corrected chi connectivity index (χ3v) is 3.27. The van der Waals surface area contributed by atoms with Crippen molar-refractivity contribution in [3.8, 4) is 22.2 Å². The van der Waals surface area contributed by atoms with Gasteiger partial charge < -0.3 is 10.7 Å². The van der Waals surface area contributed by atoms with Gasteiger partial charge in [-0.15, -0.1) is 11.3 Å². The SMILES string of the molecule is Nc1nc2nc(-c3ccc(Cl)s3)nc-2c[nH]1. The maximum Gasteiger partial charge on any atom is 0.199 e. The molecule has 0 saturated carbocycles. The van der Waals surface area contributed by atoms with Crippen LogP contribution in [0.5, 0.6) is 0 Å². The van der Waals surface area contributed by atoms with Gasteiger partial charge in [0.2, 0.25) is 0 Å². The predicted molar refractivity (Wildman–Crippen MR) is 63.5 cm³/mol. The lowest BCUT2D eigenvalue weighted by Gasteiger charge is -1.94. The zero-order chi connectivity index (χ0) is 11.1. The third kappa shape index (κ3) is 1.52. The zero-order valence-electron chi connectivity index (χ0n) is 7.94. The van der Waals surface area contributed by atoms with E-state index >= 15 is 0 Å². The highest BCUT2D eigenvalue weighted by Gasteiger charge is 2.14. The van der Waals surface area contributed by atoms with Crippen LogP contribution in [0.4, 0.5) is 5.95 Å². The number of nitrogen functional groups attached to an aromatic ring is 1. The minimum absolute atomic E-state index is 0.322. The van der Waals surface area contributed by atoms with Crippen molar-refractivity contribution in [1.82, 2.24) is 19.9 Å². The van der Waals surface area contributed by atoms with Gasteiger partial charge in [0.15, 0.2) is 17.6 Å². The number of aromatic nitrogens is 4. The van der Waals surface area contributed by atoms with Crippen molar-refractivity contribution in [2.24, 2.45) is 0 Å². The Bertz CT molecular complexity index is 616. The smallest absolute Gasteiger partial charge is 0.199 e. The van der Waals surface area contributed by atoms with E-state index in [9.17, 15) is 0 Å². The molecule has 0 saturated heterocycles. The number of halogens is 1. The number of fused-ring (bicyclic) bond motifs is 1. The van der Waals surface area contributed by atoms with Crippen molar-refractivity contribution < 1.29 is 0 Å². The molecule has 0 unspecified atom stereocenters. The number of hydrogen-bond acceptors (Lipinski definition) is 5. The van der Waals surface area contributed by atoms with E-state index in [0.29, 0.717) is 27.6 Å². The number of rotatable bonds is 1. The van der Waals surface area contributed by atoms with E-state index in [2.05, 4.69) is 19.9 Å². The summed E-state index contributed by atoms with van der Waals surface area (Å²) < 4.78 is 0.711. The summed E-state index contributed by atoms with van der Waals surface area (Å²) in [6.45, 7) is 0. The summed E-state index contributed by atoms with van der Waals surface area (Å²) in [5, 5.41) is 0. The van der Waals surface area contributed by atoms with Crippen LogP contribution >= 0.6 is 22.9 Å². The Kier molecular flexibility index (Phi) is 2.05. The topological polar surface area (TPSA) is 80.5 Å². The molecule has 3 rings (SSSR count). The second-order valence-corrected chi connectivity index (χ2v) is 4.86. The van der Waals surface area contributed by atoms with Crippen LogP contribution in [0.3, 0.4) is 0 Å². The third-order valence-electron chi connectivity index (χ3n) is 2.04. The molecule has 0 aliphatic carbocycles. The molecular formula is C9H6ClN5S.